The van der Waals surface area contributed by atoms with Crippen molar-refractivity contribution in [1.29, 1.82) is 0 Å². The Kier molecular flexibility index (Phi) is 6.20. The zero-order valence-corrected chi connectivity index (χ0v) is 17.3. The van der Waals surface area contributed by atoms with Crippen LogP contribution in [0.15, 0.2) is 66.5 Å². The highest BCUT2D eigenvalue weighted by molar-refractivity contribution is 5.99. The molecule has 0 spiro atoms. The molecule has 0 saturated carbocycles. The largest absolute Gasteiger partial charge is 0.422 e. The maximum Gasteiger partial charge on any atom is 0.422 e. The molecule has 0 aliphatic carbocycles. The number of aliphatic hydroxyl groups is 1. The third-order valence-electron chi connectivity index (χ3n) is 5.26. The molecular formula is C22H24F3N5O2. The van der Waals surface area contributed by atoms with E-state index >= 15 is 0 Å². The zero-order chi connectivity index (χ0) is 23.7. The lowest BCUT2D eigenvalue weighted by Crippen LogP contribution is -2.49. The molecule has 1 amide bonds. The first-order valence-corrected chi connectivity index (χ1v) is 9.75. The first kappa shape index (κ1) is 23.2. The third-order valence-corrected chi connectivity index (χ3v) is 5.26. The molecule has 7 nitrogen and oxygen atoms in total. The van der Waals surface area contributed by atoms with E-state index in [-0.39, 0.29) is 12.2 Å². The van der Waals surface area contributed by atoms with Gasteiger partial charge in [0.15, 0.2) is 0 Å². The monoisotopic (exact) mass is 447 g/mol. The number of hydrogen-bond donors (Lipinski definition) is 4. The molecule has 0 bridgehead atoms. The Morgan fingerprint density at radius 3 is 2.34 bits per heavy atom. The summed E-state index contributed by atoms with van der Waals surface area (Å²) in [7, 11) is 0. The Balaban J connectivity index is 1.94. The maximum absolute atomic E-state index is 13.2. The Morgan fingerprint density at radius 2 is 1.78 bits per heavy atom. The fraction of sp³-hybridized carbons (Fsp3) is 0.227. The molecule has 1 aromatic heterocycles. The second-order valence-electron chi connectivity index (χ2n) is 7.43. The van der Waals surface area contributed by atoms with E-state index < -0.39 is 29.8 Å². The lowest BCUT2D eigenvalue weighted by molar-refractivity contribution is -0.245. The van der Waals surface area contributed by atoms with Gasteiger partial charge >= 0.3 is 6.18 Å². The lowest BCUT2D eigenvalue weighted by atomic mass is 9.96. The van der Waals surface area contributed by atoms with E-state index in [0.29, 0.717) is 10.9 Å². The molecule has 1 unspecified atom stereocenters. The van der Waals surface area contributed by atoms with Gasteiger partial charge in [0.05, 0.1) is 17.8 Å². The van der Waals surface area contributed by atoms with Crippen LogP contribution in [0.1, 0.15) is 29.4 Å². The number of primary amides is 1. The van der Waals surface area contributed by atoms with Gasteiger partial charge in [-0.25, -0.2) is 5.84 Å². The maximum atomic E-state index is 13.2. The van der Waals surface area contributed by atoms with Crippen molar-refractivity contribution < 1.29 is 23.1 Å². The number of carbonyl (C=O) groups is 1. The summed E-state index contributed by atoms with van der Waals surface area (Å²) < 4.78 is 41.3. The van der Waals surface area contributed by atoms with Crippen molar-refractivity contribution in [1.82, 2.24) is 9.58 Å². The fourth-order valence-electron chi connectivity index (χ4n) is 3.51. The van der Waals surface area contributed by atoms with Crippen molar-refractivity contribution >= 4 is 16.8 Å². The molecule has 3 aromatic rings. The van der Waals surface area contributed by atoms with E-state index in [9.17, 15) is 23.1 Å². The van der Waals surface area contributed by atoms with E-state index in [2.05, 4.69) is 0 Å². The van der Waals surface area contributed by atoms with Gasteiger partial charge in [0, 0.05) is 17.3 Å². The molecule has 1 heterocycles. The van der Waals surface area contributed by atoms with Crippen molar-refractivity contribution in [2.45, 2.75) is 31.7 Å². The van der Waals surface area contributed by atoms with E-state index in [4.69, 9.17) is 17.3 Å². The summed E-state index contributed by atoms with van der Waals surface area (Å²) in [5.41, 5.74) is 9.53. The van der Waals surface area contributed by atoms with Crippen molar-refractivity contribution in [3.63, 3.8) is 0 Å². The van der Waals surface area contributed by atoms with Gasteiger partial charge in [-0.15, -0.1) is 0 Å². The number of amides is 1. The van der Waals surface area contributed by atoms with Gasteiger partial charge in [-0.05, 0) is 42.3 Å². The molecular weight excluding hydrogens is 423 g/mol. The van der Waals surface area contributed by atoms with E-state index in [0.717, 1.165) is 22.4 Å². The van der Waals surface area contributed by atoms with Crippen LogP contribution in [-0.4, -0.2) is 32.4 Å². The number of hydrogen-bond acceptors (Lipinski definition) is 5. The number of para-hydroxylation sites is 1. The van der Waals surface area contributed by atoms with Gasteiger partial charge in [-0.3, -0.25) is 4.79 Å². The minimum Gasteiger partial charge on any atom is -0.398 e. The van der Waals surface area contributed by atoms with Crippen LogP contribution in [0.25, 0.3) is 16.6 Å². The SMILES string of the molecule is CCC(O)(/C(N)=C/N(N)Cc1ccc2c(c1)cc(C(N)=O)n2-c1ccccc1)C(F)(F)F. The van der Waals surface area contributed by atoms with Crippen LogP contribution in [0, 0.1) is 0 Å². The molecule has 0 saturated heterocycles. The Morgan fingerprint density at radius 1 is 1.12 bits per heavy atom. The van der Waals surface area contributed by atoms with Gasteiger partial charge in [0.25, 0.3) is 5.91 Å². The zero-order valence-electron chi connectivity index (χ0n) is 17.3. The summed E-state index contributed by atoms with van der Waals surface area (Å²) in [6.07, 6.45) is -4.72. The van der Waals surface area contributed by atoms with Crippen LogP contribution < -0.4 is 17.3 Å². The van der Waals surface area contributed by atoms with Crippen LogP contribution in [0.5, 0.6) is 0 Å². The van der Waals surface area contributed by atoms with Crippen molar-refractivity contribution in [3.05, 3.63) is 77.8 Å². The van der Waals surface area contributed by atoms with E-state index in [1.54, 1.807) is 28.8 Å². The highest BCUT2D eigenvalue weighted by Gasteiger charge is 2.54. The number of nitrogens with zero attached hydrogens (tertiary/aromatic N) is 2. The number of halogens is 3. The van der Waals surface area contributed by atoms with E-state index in [1.165, 1.54) is 6.92 Å². The van der Waals surface area contributed by atoms with Crippen LogP contribution in [0.2, 0.25) is 0 Å². The van der Waals surface area contributed by atoms with Gasteiger partial charge in [0.1, 0.15) is 5.69 Å². The first-order chi connectivity index (χ1) is 15.0. The molecule has 3 rings (SSSR count). The molecule has 0 aliphatic rings. The van der Waals surface area contributed by atoms with Crippen molar-refractivity contribution in [3.8, 4) is 5.69 Å². The average molecular weight is 447 g/mol. The second kappa shape index (κ2) is 8.56. The van der Waals surface area contributed by atoms with Gasteiger partial charge in [-0.2, -0.15) is 13.2 Å². The summed E-state index contributed by atoms with van der Waals surface area (Å²) in [5.74, 6) is 5.24. The Labute approximate surface area is 182 Å². The number of hydrazine groups is 1. The normalized spacial score (nSPS) is 14.4. The predicted octanol–water partition coefficient (Wildman–Crippen LogP) is 2.91. The van der Waals surface area contributed by atoms with Gasteiger partial charge in [0.2, 0.25) is 5.60 Å². The summed E-state index contributed by atoms with van der Waals surface area (Å²) >= 11 is 0. The Hall–Kier alpha value is -3.50. The summed E-state index contributed by atoms with van der Waals surface area (Å²) in [6.45, 7) is 1.19. The molecule has 2 aromatic carbocycles. The minimum atomic E-state index is -4.94. The summed E-state index contributed by atoms with van der Waals surface area (Å²) in [4.78, 5) is 12.0. The number of fused-ring (bicyclic) bond motifs is 1. The van der Waals surface area contributed by atoms with E-state index in [1.807, 2.05) is 30.3 Å². The Bertz CT molecular complexity index is 1160. The van der Waals surface area contributed by atoms with Crippen LogP contribution in [0.3, 0.4) is 0 Å². The quantitative estimate of drug-likeness (QED) is 0.328. The van der Waals surface area contributed by atoms with Gasteiger partial charge < -0.3 is 26.1 Å². The molecule has 10 heteroatoms. The molecule has 0 aliphatic heterocycles. The summed E-state index contributed by atoms with van der Waals surface area (Å²) in [6, 6.07) is 16.1. The highest BCUT2D eigenvalue weighted by atomic mass is 19.4. The average Bonchev–Trinajstić information content (AvgIpc) is 3.11. The standard InChI is InChI=1S/C22H24F3N5O2/c1-2-21(32,22(23,24)25)19(26)13-29(28)12-14-8-9-17-15(10-14)11-18(20(27)31)30(17)16-6-4-3-5-7-16/h3-11,13,32H,2,12,26,28H2,1H3,(H2,27,31)/b19-13-. The van der Waals surface area contributed by atoms with Crippen LogP contribution >= 0.6 is 0 Å². The number of carbonyl (C=O) groups excluding carboxylic acids is 1. The predicted molar refractivity (Wildman–Crippen MR) is 115 cm³/mol. The molecule has 0 radical (unpaired) electrons. The number of aromatic nitrogens is 1. The van der Waals surface area contributed by atoms with Gasteiger partial charge in [-0.1, -0.05) is 31.2 Å². The molecule has 170 valence electrons. The molecule has 32 heavy (non-hydrogen) atoms. The third kappa shape index (κ3) is 4.27. The molecule has 7 N–H and O–H groups in total. The number of benzene rings is 2. The highest BCUT2D eigenvalue weighted by Crippen LogP contribution is 2.36. The molecule has 1 atom stereocenters. The minimum absolute atomic E-state index is 0.0106. The number of rotatable bonds is 7. The first-order valence-electron chi connectivity index (χ1n) is 9.75. The smallest absolute Gasteiger partial charge is 0.398 e. The van der Waals surface area contributed by atoms with Crippen LogP contribution in [0.4, 0.5) is 13.2 Å². The number of nitrogens with two attached hydrogens (primary N) is 3. The fourth-order valence-corrected chi connectivity index (χ4v) is 3.51. The number of alkyl halides is 3. The molecule has 0 fully saturated rings. The lowest BCUT2D eigenvalue weighted by Gasteiger charge is -2.30. The summed E-state index contributed by atoms with van der Waals surface area (Å²) in [5, 5.41) is 11.6. The topological polar surface area (TPSA) is 124 Å². The van der Waals surface area contributed by atoms with Crippen molar-refractivity contribution in [2.24, 2.45) is 17.3 Å². The van der Waals surface area contributed by atoms with Crippen molar-refractivity contribution in [2.75, 3.05) is 0 Å². The second-order valence-corrected chi connectivity index (χ2v) is 7.43. The van der Waals surface area contributed by atoms with Crippen LogP contribution in [-0.2, 0) is 6.54 Å².